The number of carbonyl (C=O) groups excluding carboxylic acids is 1. The smallest absolute Gasteiger partial charge is 0.242 e. The molecule has 0 fully saturated rings. The first-order chi connectivity index (χ1) is 9.65. The van der Waals surface area contributed by atoms with E-state index in [1.807, 2.05) is 30.3 Å². The summed E-state index contributed by atoms with van der Waals surface area (Å²) in [6.07, 6.45) is 2.88. The molecule has 20 heavy (non-hydrogen) atoms. The number of nitrogens with zero attached hydrogens (tertiary/aromatic N) is 1. The average molecular weight is 290 g/mol. The van der Waals surface area contributed by atoms with Crippen molar-refractivity contribution in [2.45, 2.75) is 18.9 Å². The fourth-order valence-corrected chi connectivity index (χ4v) is 1.95. The summed E-state index contributed by atoms with van der Waals surface area (Å²) in [5, 5.41) is 3.18. The van der Waals surface area contributed by atoms with Crippen molar-refractivity contribution in [3.63, 3.8) is 0 Å². The van der Waals surface area contributed by atoms with Gasteiger partial charge in [-0.15, -0.1) is 0 Å². The molecule has 0 bridgehead atoms. The lowest BCUT2D eigenvalue weighted by Gasteiger charge is -2.11. The molecule has 1 atom stereocenters. The predicted octanol–water partition coefficient (Wildman–Crippen LogP) is 2.63. The molecule has 1 heterocycles. The van der Waals surface area contributed by atoms with E-state index < -0.39 is 6.04 Å². The Kier molecular flexibility index (Phi) is 5.09. The molecule has 0 saturated carbocycles. The summed E-state index contributed by atoms with van der Waals surface area (Å²) >= 11 is 5.83. The zero-order valence-electron chi connectivity index (χ0n) is 10.9. The highest BCUT2D eigenvalue weighted by Gasteiger charge is 2.14. The van der Waals surface area contributed by atoms with Crippen molar-refractivity contribution in [3.8, 4) is 0 Å². The molecule has 0 radical (unpaired) electrons. The standard InChI is InChI=1S/C15H16ClN3O/c16-12-8-9-18-14(10-12)19-15(20)13(17)7-6-11-4-2-1-3-5-11/h1-5,8-10,13H,6-7,17H2,(H,18,19,20). The third kappa shape index (κ3) is 4.33. The van der Waals surface area contributed by atoms with E-state index in [0.29, 0.717) is 17.3 Å². The van der Waals surface area contributed by atoms with Gasteiger partial charge >= 0.3 is 0 Å². The number of aryl methyl sites for hydroxylation is 1. The lowest BCUT2D eigenvalue weighted by Crippen LogP contribution is -2.36. The first-order valence-electron chi connectivity index (χ1n) is 6.37. The number of hydrogen-bond donors (Lipinski definition) is 2. The predicted molar refractivity (Wildman–Crippen MR) is 80.6 cm³/mol. The van der Waals surface area contributed by atoms with Crippen LogP contribution in [-0.4, -0.2) is 16.9 Å². The summed E-state index contributed by atoms with van der Waals surface area (Å²) in [5.41, 5.74) is 7.04. The highest BCUT2D eigenvalue weighted by molar-refractivity contribution is 6.30. The third-order valence-electron chi connectivity index (χ3n) is 2.90. The van der Waals surface area contributed by atoms with E-state index >= 15 is 0 Å². The van der Waals surface area contributed by atoms with Gasteiger partial charge in [0.25, 0.3) is 0 Å². The number of anilines is 1. The number of aromatic nitrogens is 1. The number of nitrogens with two attached hydrogens (primary N) is 1. The van der Waals surface area contributed by atoms with Gasteiger partial charge in [0.05, 0.1) is 6.04 Å². The maximum atomic E-state index is 11.9. The van der Waals surface area contributed by atoms with Crippen LogP contribution in [0.2, 0.25) is 5.02 Å². The summed E-state index contributed by atoms with van der Waals surface area (Å²) in [7, 11) is 0. The third-order valence-corrected chi connectivity index (χ3v) is 3.13. The zero-order valence-corrected chi connectivity index (χ0v) is 11.7. The van der Waals surface area contributed by atoms with Crippen molar-refractivity contribution in [1.82, 2.24) is 4.98 Å². The van der Waals surface area contributed by atoms with Crippen LogP contribution >= 0.6 is 11.6 Å². The van der Waals surface area contributed by atoms with Gasteiger partial charge in [0.2, 0.25) is 5.91 Å². The number of amides is 1. The molecule has 0 saturated heterocycles. The monoisotopic (exact) mass is 289 g/mol. The van der Waals surface area contributed by atoms with E-state index in [9.17, 15) is 4.79 Å². The van der Waals surface area contributed by atoms with Gasteiger partial charge in [0, 0.05) is 11.2 Å². The Hall–Kier alpha value is -1.91. The van der Waals surface area contributed by atoms with Crippen LogP contribution in [0.3, 0.4) is 0 Å². The van der Waals surface area contributed by atoms with E-state index in [0.717, 1.165) is 12.0 Å². The van der Waals surface area contributed by atoms with E-state index in [2.05, 4.69) is 10.3 Å². The number of carbonyl (C=O) groups is 1. The molecule has 0 aliphatic heterocycles. The molecule has 2 rings (SSSR count). The van der Waals surface area contributed by atoms with Gasteiger partial charge in [-0.2, -0.15) is 0 Å². The normalized spacial score (nSPS) is 11.9. The number of nitrogens with one attached hydrogen (secondary N) is 1. The minimum atomic E-state index is -0.573. The quantitative estimate of drug-likeness (QED) is 0.889. The zero-order chi connectivity index (χ0) is 14.4. The van der Waals surface area contributed by atoms with E-state index in [4.69, 9.17) is 17.3 Å². The van der Waals surface area contributed by atoms with Crippen LogP contribution in [0.25, 0.3) is 0 Å². The molecule has 1 aromatic heterocycles. The first kappa shape index (κ1) is 14.5. The van der Waals surface area contributed by atoms with Crippen LogP contribution in [0.4, 0.5) is 5.82 Å². The topological polar surface area (TPSA) is 68.0 Å². The average Bonchev–Trinajstić information content (AvgIpc) is 2.46. The van der Waals surface area contributed by atoms with E-state index in [1.165, 1.54) is 6.20 Å². The van der Waals surface area contributed by atoms with Crippen molar-refractivity contribution in [2.75, 3.05) is 5.32 Å². The maximum absolute atomic E-state index is 11.9. The molecular weight excluding hydrogens is 274 g/mol. The fourth-order valence-electron chi connectivity index (χ4n) is 1.79. The molecule has 1 amide bonds. The number of hydrogen-bond acceptors (Lipinski definition) is 3. The molecule has 0 aliphatic rings. The molecule has 0 aliphatic carbocycles. The molecular formula is C15H16ClN3O. The van der Waals surface area contributed by atoms with E-state index in [1.54, 1.807) is 12.1 Å². The second kappa shape index (κ2) is 7.03. The van der Waals surface area contributed by atoms with Crippen LogP contribution in [0.1, 0.15) is 12.0 Å². The summed E-state index contributed by atoms with van der Waals surface area (Å²) in [4.78, 5) is 15.9. The Morgan fingerprint density at radius 1 is 1.30 bits per heavy atom. The largest absolute Gasteiger partial charge is 0.320 e. The molecule has 5 heteroatoms. The molecule has 4 nitrogen and oxygen atoms in total. The molecule has 3 N–H and O–H groups in total. The number of halogens is 1. The Morgan fingerprint density at radius 2 is 2.05 bits per heavy atom. The van der Waals surface area contributed by atoms with Crippen LogP contribution in [0.15, 0.2) is 48.7 Å². The lowest BCUT2D eigenvalue weighted by atomic mass is 10.1. The molecule has 1 aromatic carbocycles. The van der Waals surface area contributed by atoms with Crippen molar-refractivity contribution in [1.29, 1.82) is 0 Å². The summed E-state index contributed by atoms with van der Waals surface area (Å²) in [6, 6.07) is 12.6. The molecule has 1 unspecified atom stereocenters. The Bertz CT molecular complexity index is 574. The number of benzene rings is 1. The molecule has 2 aromatic rings. The first-order valence-corrected chi connectivity index (χ1v) is 6.75. The summed E-state index contributed by atoms with van der Waals surface area (Å²) in [5.74, 6) is 0.161. The highest BCUT2D eigenvalue weighted by Crippen LogP contribution is 2.12. The van der Waals surface area contributed by atoms with Gasteiger partial charge in [0.15, 0.2) is 0 Å². The Balaban J connectivity index is 1.86. The minimum absolute atomic E-state index is 0.254. The van der Waals surface area contributed by atoms with Crippen molar-refractivity contribution in [2.24, 2.45) is 5.73 Å². The lowest BCUT2D eigenvalue weighted by molar-refractivity contribution is -0.117. The summed E-state index contributed by atoms with van der Waals surface area (Å²) in [6.45, 7) is 0. The number of rotatable bonds is 5. The van der Waals surface area contributed by atoms with Gasteiger partial charge in [-0.1, -0.05) is 41.9 Å². The number of pyridine rings is 1. The van der Waals surface area contributed by atoms with E-state index in [-0.39, 0.29) is 5.91 Å². The van der Waals surface area contributed by atoms with Gasteiger partial charge in [-0.05, 0) is 30.5 Å². The van der Waals surface area contributed by atoms with Crippen molar-refractivity contribution >= 4 is 23.3 Å². The van der Waals surface area contributed by atoms with Crippen LogP contribution in [-0.2, 0) is 11.2 Å². The maximum Gasteiger partial charge on any atom is 0.242 e. The molecule has 0 spiro atoms. The van der Waals surface area contributed by atoms with Crippen LogP contribution in [0.5, 0.6) is 0 Å². The summed E-state index contributed by atoms with van der Waals surface area (Å²) < 4.78 is 0. The second-order valence-corrected chi connectivity index (χ2v) is 4.92. The van der Waals surface area contributed by atoms with Gasteiger partial charge < -0.3 is 11.1 Å². The molecule has 104 valence electrons. The van der Waals surface area contributed by atoms with Crippen LogP contribution in [0, 0.1) is 0 Å². The van der Waals surface area contributed by atoms with Gasteiger partial charge in [0.1, 0.15) is 5.82 Å². The highest BCUT2D eigenvalue weighted by atomic mass is 35.5. The van der Waals surface area contributed by atoms with Gasteiger partial charge in [-0.3, -0.25) is 4.79 Å². The SMILES string of the molecule is NC(CCc1ccccc1)C(=O)Nc1cc(Cl)ccn1. The van der Waals surface area contributed by atoms with Crippen molar-refractivity contribution < 1.29 is 4.79 Å². The second-order valence-electron chi connectivity index (χ2n) is 4.48. The minimum Gasteiger partial charge on any atom is -0.320 e. The van der Waals surface area contributed by atoms with Crippen molar-refractivity contribution in [3.05, 3.63) is 59.2 Å². The van der Waals surface area contributed by atoms with Crippen LogP contribution < -0.4 is 11.1 Å². The Labute approximate surface area is 123 Å². The van der Waals surface area contributed by atoms with Gasteiger partial charge in [-0.25, -0.2) is 4.98 Å². The Morgan fingerprint density at radius 3 is 2.75 bits per heavy atom. The fraction of sp³-hybridized carbons (Fsp3) is 0.200.